The molecule has 3 fully saturated rings. The van der Waals surface area contributed by atoms with Crippen molar-refractivity contribution in [2.24, 2.45) is 23.7 Å². The zero-order valence-electron chi connectivity index (χ0n) is 20.1. The fourth-order valence-corrected chi connectivity index (χ4v) is 8.41. The van der Waals surface area contributed by atoms with Crippen LogP contribution in [0.5, 0.6) is 0 Å². The van der Waals surface area contributed by atoms with Crippen LogP contribution < -0.4 is 5.32 Å². The average Bonchev–Trinajstić information content (AvgIpc) is 2.68. The van der Waals surface area contributed by atoms with Crippen molar-refractivity contribution in [3.8, 4) is 0 Å². The van der Waals surface area contributed by atoms with E-state index in [1.54, 1.807) is 5.56 Å². The van der Waals surface area contributed by atoms with E-state index >= 15 is 0 Å². The number of fused-ring (bicyclic) bond motifs is 1. The molecule has 4 aliphatic rings. The second kappa shape index (κ2) is 6.40. The number of rotatable bonds is 3. The first kappa shape index (κ1) is 19.9. The third-order valence-corrected chi connectivity index (χ3v) is 9.89. The molecule has 0 aliphatic heterocycles. The molecular formula is C30H39N. The van der Waals surface area contributed by atoms with Crippen LogP contribution in [0, 0.1) is 23.7 Å². The minimum atomic E-state index is 0.214. The minimum Gasteiger partial charge on any atom is -0.355 e. The third kappa shape index (κ3) is 2.81. The molecule has 0 aromatic heterocycles. The van der Waals surface area contributed by atoms with E-state index in [0.29, 0.717) is 5.41 Å². The monoisotopic (exact) mass is 413 g/mol. The van der Waals surface area contributed by atoms with Crippen molar-refractivity contribution in [1.29, 1.82) is 0 Å². The molecule has 2 unspecified atom stereocenters. The highest BCUT2D eigenvalue weighted by atomic mass is 14.9. The van der Waals surface area contributed by atoms with Crippen LogP contribution in [0.1, 0.15) is 89.8 Å². The normalized spacial score (nSPS) is 36.4. The summed E-state index contributed by atoms with van der Waals surface area (Å²) in [6, 6.07) is 16.5. The molecule has 1 N–H and O–H groups in total. The number of hydrogen-bond acceptors (Lipinski definition) is 1. The highest BCUT2D eigenvalue weighted by Crippen LogP contribution is 2.71. The maximum atomic E-state index is 3.82. The number of nitrogens with one attached hydrogen (secondary N) is 1. The Labute approximate surface area is 189 Å². The zero-order valence-corrected chi connectivity index (χ0v) is 20.1. The Balaban J connectivity index is 1.30. The van der Waals surface area contributed by atoms with Gasteiger partial charge in [0.25, 0.3) is 0 Å². The minimum absolute atomic E-state index is 0.214. The van der Waals surface area contributed by atoms with Gasteiger partial charge >= 0.3 is 0 Å². The van der Waals surface area contributed by atoms with E-state index in [4.69, 9.17) is 0 Å². The predicted molar refractivity (Wildman–Crippen MR) is 131 cm³/mol. The Bertz CT molecular complexity index is 1010. The van der Waals surface area contributed by atoms with Crippen molar-refractivity contribution < 1.29 is 0 Å². The lowest BCUT2D eigenvalue weighted by atomic mass is 9.34. The van der Waals surface area contributed by atoms with Crippen LogP contribution in [0.4, 0.5) is 11.4 Å². The summed E-state index contributed by atoms with van der Waals surface area (Å²) in [4.78, 5) is 0. The summed E-state index contributed by atoms with van der Waals surface area (Å²) in [6.07, 6.45) is 8.35. The van der Waals surface area contributed by atoms with Gasteiger partial charge in [-0.1, -0.05) is 58.9 Å². The standard InChI is InChI=1S/C30H39N/c1-19-15-20-16-21-18-30(17-19,26(20)21)22-9-11-23(12-10-22)31-25-8-6-7-24-27(25)29(4,5)14-13-28(24,2)3/h6-12,19-21,26,31H,13-18H2,1-5H3/t19-,20?,21+,26?,30+/m1/s1. The van der Waals surface area contributed by atoms with Crippen molar-refractivity contribution in [3.63, 3.8) is 0 Å². The van der Waals surface area contributed by atoms with Crippen molar-refractivity contribution in [2.75, 3.05) is 5.32 Å². The Morgan fingerprint density at radius 1 is 0.806 bits per heavy atom. The van der Waals surface area contributed by atoms with Crippen molar-refractivity contribution in [3.05, 3.63) is 59.2 Å². The molecule has 0 bridgehead atoms. The first-order chi connectivity index (χ1) is 14.7. The number of anilines is 2. The molecule has 0 amide bonds. The lowest BCUT2D eigenvalue weighted by Gasteiger charge is -2.70. The van der Waals surface area contributed by atoms with Gasteiger partial charge in [0.05, 0.1) is 0 Å². The molecule has 0 saturated heterocycles. The van der Waals surface area contributed by atoms with Gasteiger partial charge in [0, 0.05) is 11.4 Å². The zero-order chi connectivity index (χ0) is 21.6. The summed E-state index contributed by atoms with van der Waals surface area (Å²) in [5, 5.41) is 3.82. The van der Waals surface area contributed by atoms with Gasteiger partial charge in [-0.25, -0.2) is 0 Å². The highest BCUT2D eigenvalue weighted by molar-refractivity contribution is 5.68. The molecule has 2 aromatic carbocycles. The van der Waals surface area contributed by atoms with Gasteiger partial charge in [-0.15, -0.1) is 0 Å². The highest BCUT2D eigenvalue weighted by Gasteiger charge is 2.65. The quantitative estimate of drug-likeness (QED) is 0.536. The largest absolute Gasteiger partial charge is 0.355 e. The second-order valence-corrected chi connectivity index (χ2v) is 12.9. The van der Waals surface area contributed by atoms with Gasteiger partial charge < -0.3 is 5.32 Å². The van der Waals surface area contributed by atoms with E-state index in [9.17, 15) is 0 Å². The Morgan fingerprint density at radius 3 is 2.29 bits per heavy atom. The topological polar surface area (TPSA) is 12.0 Å². The Morgan fingerprint density at radius 2 is 1.55 bits per heavy atom. The molecule has 0 spiro atoms. The second-order valence-electron chi connectivity index (χ2n) is 12.9. The molecule has 1 nitrogen and oxygen atoms in total. The molecule has 1 heteroatoms. The van der Waals surface area contributed by atoms with Gasteiger partial charge in [-0.3, -0.25) is 0 Å². The van der Waals surface area contributed by atoms with E-state index in [1.807, 2.05) is 0 Å². The molecule has 0 radical (unpaired) electrons. The van der Waals surface area contributed by atoms with Crippen molar-refractivity contribution in [2.45, 2.75) is 89.4 Å². The third-order valence-electron chi connectivity index (χ3n) is 9.89. The van der Waals surface area contributed by atoms with E-state index in [-0.39, 0.29) is 10.8 Å². The van der Waals surface area contributed by atoms with Crippen LogP contribution >= 0.6 is 0 Å². The molecule has 5 atom stereocenters. The van der Waals surface area contributed by atoms with Gasteiger partial charge in [-0.05, 0) is 113 Å². The molecule has 6 rings (SSSR count). The van der Waals surface area contributed by atoms with E-state index in [0.717, 1.165) is 23.7 Å². The maximum absolute atomic E-state index is 3.82. The molecule has 4 aliphatic carbocycles. The van der Waals surface area contributed by atoms with Crippen LogP contribution in [0.2, 0.25) is 0 Å². The number of benzene rings is 2. The first-order valence-electron chi connectivity index (χ1n) is 12.7. The first-order valence-corrected chi connectivity index (χ1v) is 12.7. The van der Waals surface area contributed by atoms with Crippen LogP contribution in [0.3, 0.4) is 0 Å². The summed E-state index contributed by atoms with van der Waals surface area (Å²) < 4.78 is 0. The molecular weight excluding hydrogens is 374 g/mol. The van der Waals surface area contributed by atoms with Gasteiger partial charge in [0.2, 0.25) is 0 Å². The van der Waals surface area contributed by atoms with Gasteiger partial charge in [0.1, 0.15) is 0 Å². The fraction of sp³-hybridized carbons (Fsp3) is 0.600. The van der Waals surface area contributed by atoms with E-state index in [1.165, 1.54) is 61.0 Å². The lowest BCUT2D eigenvalue weighted by molar-refractivity contribution is -0.159. The SMILES string of the molecule is C[C@@H]1CC2C[C@H]3C[C@](c4ccc(Nc5cccc6c5C(C)(C)CCC6(C)C)cc4)(C1)C23. The smallest absolute Gasteiger partial charge is 0.0425 e. The van der Waals surface area contributed by atoms with Gasteiger partial charge in [-0.2, -0.15) is 0 Å². The number of hydrogen-bond donors (Lipinski definition) is 1. The van der Waals surface area contributed by atoms with E-state index in [2.05, 4.69) is 82.4 Å². The van der Waals surface area contributed by atoms with Gasteiger partial charge in [0.15, 0.2) is 0 Å². The molecule has 0 heterocycles. The van der Waals surface area contributed by atoms with Crippen LogP contribution in [-0.2, 0) is 16.2 Å². The predicted octanol–water partition coefficient (Wildman–Crippen LogP) is 8.10. The Hall–Kier alpha value is -1.76. The van der Waals surface area contributed by atoms with Crippen molar-refractivity contribution >= 4 is 11.4 Å². The average molecular weight is 414 g/mol. The van der Waals surface area contributed by atoms with Crippen LogP contribution in [0.15, 0.2) is 42.5 Å². The lowest BCUT2D eigenvalue weighted by Crippen LogP contribution is -2.65. The fourth-order valence-electron chi connectivity index (χ4n) is 8.41. The van der Waals surface area contributed by atoms with Crippen molar-refractivity contribution in [1.82, 2.24) is 0 Å². The summed E-state index contributed by atoms with van der Waals surface area (Å²) >= 11 is 0. The van der Waals surface area contributed by atoms with Crippen LogP contribution in [0.25, 0.3) is 0 Å². The maximum Gasteiger partial charge on any atom is 0.0425 e. The molecule has 164 valence electrons. The molecule has 31 heavy (non-hydrogen) atoms. The van der Waals surface area contributed by atoms with E-state index < -0.39 is 0 Å². The molecule has 2 aromatic rings. The molecule has 3 saturated carbocycles. The summed E-state index contributed by atoms with van der Waals surface area (Å²) in [5.41, 5.74) is 8.17. The Kier molecular flexibility index (Phi) is 4.10. The summed E-state index contributed by atoms with van der Waals surface area (Å²) in [5.74, 6) is 3.94. The summed E-state index contributed by atoms with van der Waals surface area (Å²) in [7, 11) is 0. The van der Waals surface area contributed by atoms with Crippen LogP contribution in [-0.4, -0.2) is 0 Å². The summed E-state index contributed by atoms with van der Waals surface area (Å²) in [6.45, 7) is 12.1.